The van der Waals surface area contributed by atoms with E-state index >= 15 is 0 Å². The van der Waals surface area contributed by atoms with Crippen LogP contribution in [0.3, 0.4) is 0 Å². The zero-order valence-corrected chi connectivity index (χ0v) is 14.5. The molecule has 0 amide bonds. The molecule has 0 unspecified atom stereocenters. The van der Waals surface area contributed by atoms with Crippen molar-refractivity contribution >= 4 is 40.2 Å². The quantitative estimate of drug-likeness (QED) is 0.492. The molecule has 0 spiro atoms. The smallest absolute Gasteiger partial charge is 0.192 e. The predicted molar refractivity (Wildman–Crippen MR) is 78.6 cm³/mol. The molecule has 0 heterocycles. The van der Waals surface area contributed by atoms with Crippen molar-refractivity contribution in [3.05, 3.63) is 10.6 Å². The minimum absolute atomic E-state index is 0.287. The number of halogens is 2. The Hall–Kier alpha value is 0.877. The lowest BCUT2D eigenvalue weighted by Crippen LogP contribution is -2.41. The Morgan fingerprint density at radius 3 is 2.27 bits per heavy atom. The van der Waals surface area contributed by atoms with Crippen molar-refractivity contribution in [2.75, 3.05) is 11.9 Å². The highest BCUT2D eigenvalue weighted by Crippen LogP contribution is 2.36. The summed E-state index contributed by atoms with van der Waals surface area (Å²) in [5.41, 5.74) is 0. The standard InChI is InChI=1S/C11H22Br2OSi/c1-11(2,3)15(4,5)14-9-10(13)7-6-8-12/h7H,6,8-9H2,1-5H3/b10-7+. The number of hydrogen-bond acceptors (Lipinski definition) is 1. The van der Waals surface area contributed by atoms with Gasteiger partial charge < -0.3 is 4.43 Å². The molecule has 90 valence electrons. The molecule has 0 saturated heterocycles. The van der Waals surface area contributed by atoms with Crippen molar-refractivity contribution in [1.29, 1.82) is 0 Å². The molecule has 0 aromatic rings. The molecule has 0 aliphatic heterocycles. The van der Waals surface area contributed by atoms with Crippen LogP contribution in [-0.2, 0) is 4.43 Å². The monoisotopic (exact) mass is 356 g/mol. The Morgan fingerprint density at radius 2 is 1.87 bits per heavy atom. The van der Waals surface area contributed by atoms with Gasteiger partial charge in [0, 0.05) is 9.81 Å². The van der Waals surface area contributed by atoms with Crippen molar-refractivity contribution in [2.45, 2.75) is 45.3 Å². The Morgan fingerprint density at radius 1 is 1.33 bits per heavy atom. The Kier molecular flexibility index (Phi) is 6.96. The van der Waals surface area contributed by atoms with Gasteiger partial charge in [-0.25, -0.2) is 0 Å². The van der Waals surface area contributed by atoms with Crippen molar-refractivity contribution in [3.8, 4) is 0 Å². The number of alkyl halides is 1. The molecule has 4 heteroatoms. The Balaban J connectivity index is 4.15. The molecular formula is C11H22Br2OSi. The second-order valence-corrected chi connectivity index (χ2v) is 11.8. The first-order chi connectivity index (χ1) is 6.70. The largest absolute Gasteiger partial charge is 0.412 e. The van der Waals surface area contributed by atoms with Crippen LogP contribution >= 0.6 is 31.9 Å². The van der Waals surface area contributed by atoms with Crippen LogP contribution in [0.1, 0.15) is 27.2 Å². The van der Waals surface area contributed by atoms with E-state index in [1.807, 2.05) is 0 Å². The predicted octanol–water partition coefficient (Wildman–Crippen LogP) is 5.07. The third-order valence-corrected chi connectivity index (χ3v) is 8.34. The molecule has 0 aliphatic carbocycles. The summed E-state index contributed by atoms with van der Waals surface area (Å²) in [5.74, 6) is 0. The second kappa shape index (κ2) is 6.57. The summed E-state index contributed by atoms with van der Waals surface area (Å²) in [6.45, 7) is 12.0. The van der Waals surface area contributed by atoms with Gasteiger partial charge in [-0.05, 0) is 24.6 Å². The lowest BCUT2D eigenvalue weighted by atomic mass is 10.2. The van der Waals surface area contributed by atoms with E-state index in [1.54, 1.807) is 0 Å². The van der Waals surface area contributed by atoms with Crippen LogP contribution < -0.4 is 0 Å². The average molecular weight is 358 g/mol. The highest BCUT2D eigenvalue weighted by atomic mass is 79.9. The van der Waals surface area contributed by atoms with E-state index in [-0.39, 0.29) is 5.04 Å². The molecule has 0 atom stereocenters. The first-order valence-corrected chi connectivity index (χ1v) is 10.1. The van der Waals surface area contributed by atoms with E-state index in [2.05, 4.69) is 71.8 Å². The molecule has 0 fully saturated rings. The number of hydrogen-bond donors (Lipinski definition) is 0. The second-order valence-electron chi connectivity index (χ2n) is 5.18. The summed E-state index contributed by atoms with van der Waals surface area (Å²) < 4.78 is 7.22. The molecule has 15 heavy (non-hydrogen) atoms. The van der Waals surface area contributed by atoms with Gasteiger partial charge in [-0.3, -0.25) is 0 Å². The molecule has 0 radical (unpaired) electrons. The van der Waals surface area contributed by atoms with Crippen LogP contribution in [0.2, 0.25) is 18.1 Å². The molecule has 0 bridgehead atoms. The van der Waals surface area contributed by atoms with Gasteiger partial charge >= 0.3 is 0 Å². The summed E-state index contributed by atoms with van der Waals surface area (Å²) in [4.78, 5) is 0. The maximum atomic E-state index is 6.06. The average Bonchev–Trinajstić information content (AvgIpc) is 2.09. The molecule has 0 aromatic carbocycles. The fourth-order valence-electron chi connectivity index (χ4n) is 0.736. The third kappa shape index (κ3) is 6.24. The van der Waals surface area contributed by atoms with Gasteiger partial charge in [0.25, 0.3) is 0 Å². The first kappa shape index (κ1) is 15.9. The van der Waals surface area contributed by atoms with Crippen LogP contribution in [0.4, 0.5) is 0 Å². The molecule has 0 aliphatic rings. The van der Waals surface area contributed by atoms with Crippen molar-refractivity contribution < 1.29 is 4.43 Å². The van der Waals surface area contributed by atoms with E-state index in [0.717, 1.165) is 16.2 Å². The minimum atomic E-state index is -1.59. The van der Waals surface area contributed by atoms with E-state index in [1.165, 1.54) is 0 Å². The van der Waals surface area contributed by atoms with Crippen molar-refractivity contribution in [1.82, 2.24) is 0 Å². The number of allylic oxidation sites excluding steroid dienone is 1. The molecule has 0 rings (SSSR count). The van der Waals surface area contributed by atoms with Gasteiger partial charge in [0.15, 0.2) is 8.32 Å². The van der Waals surface area contributed by atoms with Crippen molar-refractivity contribution in [3.63, 3.8) is 0 Å². The van der Waals surface area contributed by atoms with E-state index in [4.69, 9.17) is 4.43 Å². The Bertz CT molecular complexity index is 219. The van der Waals surface area contributed by atoms with Gasteiger partial charge in [-0.2, -0.15) is 0 Å². The van der Waals surface area contributed by atoms with E-state index in [0.29, 0.717) is 6.61 Å². The highest BCUT2D eigenvalue weighted by molar-refractivity contribution is 9.11. The summed E-state index contributed by atoms with van der Waals surface area (Å²) in [6.07, 6.45) is 3.21. The van der Waals surface area contributed by atoms with Gasteiger partial charge in [0.1, 0.15) is 0 Å². The van der Waals surface area contributed by atoms with Crippen LogP contribution in [0.5, 0.6) is 0 Å². The zero-order chi connectivity index (χ0) is 12.1. The topological polar surface area (TPSA) is 9.23 Å². The van der Waals surface area contributed by atoms with Crippen LogP contribution in [0.15, 0.2) is 10.6 Å². The van der Waals surface area contributed by atoms with Crippen LogP contribution in [0, 0.1) is 0 Å². The fourth-order valence-corrected chi connectivity index (χ4v) is 2.47. The van der Waals surface area contributed by atoms with E-state index < -0.39 is 8.32 Å². The number of rotatable bonds is 5. The highest BCUT2D eigenvalue weighted by Gasteiger charge is 2.36. The molecule has 0 N–H and O–H groups in total. The maximum Gasteiger partial charge on any atom is 0.192 e. The fraction of sp³-hybridized carbons (Fsp3) is 0.818. The normalized spacial score (nSPS) is 14.5. The molecular weight excluding hydrogens is 336 g/mol. The molecule has 1 nitrogen and oxygen atoms in total. The van der Waals surface area contributed by atoms with Gasteiger partial charge in [-0.15, -0.1) is 0 Å². The summed E-state index contributed by atoms with van der Waals surface area (Å²) in [5, 5.41) is 1.29. The zero-order valence-electron chi connectivity index (χ0n) is 10.4. The maximum absolute atomic E-state index is 6.06. The minimum Gasteiger partial charge on any atom is -0.412 e. The van der Waals surface area contributed by atoms with E-state index in [9.17, 15) is 0 Å². The lowest BCUT2D eigenvalue weighted by molar-refractivity contribution is 0.325. The van der Waals surface area contributed by atoms with Gasteiger partial charge in [0.2, 0.25) is 0 Å². The summed E-state index contributed by atoms with van der Waals surface area (Å²) >= 11 is 6.94. The van der Waals surface area contributed by atoms with Gasteiger partial charge in [0.05, 0.1) is 6.61 Å². The first-order valence-electron chi connectivity index (χ1n) is 5.25. The SMILES string of the molecule is CC(C)(C)[Si](C)(C)OC/C(Br)=C\CCBr. The molecule has 0 aromatic heterocycles. The van der Waals surface area contributed by atoms with Crippen molar-refractivity contribution in [2.24, 2.45) is 0 Å². The molecule has 0 saturated carbocycles. The van der Waals surface area contributed by atoms with Crippen LogP contribution in [0.25, 0.3) is 0 Å². The third-order valence-electron chi connectivity index (χ3n) is 2.85. The summed E-state index contributed by atoms with van der Waals surface area (Å²) in [6, 6.07) is 0. The van der Waals surface area contributed by atoms with Gasteiger partial charge in [-0.1, -0.05) is 58.7 Å². The summed E-state index contributed by atoms with van der Waals surface area (Å²) in [7, 11) is -1.59. The van der Waals surface area contributed by atoms with Crippen LogP contribution in [-0.4, -0.2) is 20.3 Å². The Labute approximate surface area is 112 Å². The lowest BCUT2D eigenvalue weighted by Gasteiger charge is -2.36.